The average Bonchev–Trinajstić information content (AvgIpc) is 1.66. The Labute approximate surface area is 60.4 Å². The maximum Gasteiger partial charge on any atom is 0.149 e. The van der Waals surface area contributed by atoms with Crippen LogP contribution in [0.4, 0.5) is 0 Å². The van der Waals surface area contributed by atoms with Crippen molar-refractivity contribution in [2.75, 3.05) is 13.4 Å². The predicted molar refractivity (Wildman–Crippen MR) is 39.3 cm³/mol. The van der Waals surface area contributed by atoms with E-state index in [2.05, 4.69) is 25.3 Å². The van der Waals surface area contributed by atoms with Crippen molar-refractivity contribution in [3.05, 3.63) is 0 Å². The number of hydrogen-bond acceptors (Lipinski definition) is 4. The van der Waals surface area contributed by atoms with Crippen LogP contribution >= 0.6 is 25.3 Å². The summed E-state index contributed by atoms with van der Waals surface area (Å²) >= 11 is 7.67. The summed E-state index contributed by atoms with van der Waals surface area (Å²) in [5.41, 5.74) is 0. The van der Waals surface area contributed by atoms with Gasteiger partial charge in [-0.25, -0.2) is 0 Å². The summed E-state index contributed by atoms with van der Waals surface area (Å²) < 4.78 is 9.28. The highest BCUT2D eigenvalue weighted by Gasteiger charge is 1.90. The molecule has 0 atom stereocenters. The largest absolute Gasteiger partial charge is 0.356 e. The summed E-state index contributed by atoms with van der Waals surface area (Å²) in [6.07, 6.45) is 0. The number of ether oxygens (including phenoxy) is 2. The molecule has 0 rings (SSSR count). The van der Waals surface area contributed by atoms with Gasteiger partial charge in [-0.2, -0.15) is 0 Å². The van der Waals surface area contributed by atoms with Gasteiger partial charge in [0.15, 0.2) is 0 Å². The monoisotopic (exact) mass is 154 g/mol. The highest BCUT2D eigenvalue weighted by atomic mass is 32.2. The third-order valence-electron chi connectivity index (χ3n) is 0.505. The lowest BCUT2D eigenvalue weighted by molar-refractivity contribution is -0.0384. The van der Waals surface area contributed by atoms with Gasteiger partial charge in [0.1, 0.15) is 11.6 Å². The molecule has 0 aliphatic heterocycles. The molecular formula is C4H10O2S2. The molecule has 0 aliphatic rings. The molecule has 0 aliphatic carbocycles. The third kappa shape index (κ3) is 6.62. The fraction of sp³-hybridized carbons (Fsp3) is 1.00. The van der Waals surface area contributed by atoms with E-state index in [0.29, 0.717) is 6.61 Å². The molecule has 4 heteroatoms. The van der Waals surface area contributed by atoms with Crippen molar-refractivity contribution in [3.8, 4) is 0 Å². The molecule has 0 N–H and O–H groups in total. The van der Waals surface area contributed by atoms with Crippen LogP contribution in [0.3, 0.4) is 0 Å². The number of rotatable bonds is 4. The van der Waals surface area contributed by atoms with Crippen LogP contribution in [-0.2, 0) is 9.47 Å². The molecule has 0 saturated carbocycles. The molecule has 0 bridgehead atoms. The van der Waals surface area contributed by atoms with Crippen molar-refractivity contribution in [3.63, 3.8) is 0 Å². The smallest absolute Gasteiger partial charge is 0.149 e. The predicted octanol–water partition coefficient (Wildman–Crippen LogP) is 1.14. The van der Waals surface area contributed by atoms with Crippen molar-refractivity contribution >= 4 is 25.3 Å². The Balaban J connectivity index is 2.72. The van der Waals surface area contributed by atoms with Crippen LogP contribution < -0.4 is 0 Å². The van der Waals surface area contributed by atoms with Crippen LogP contribution in [0.25, 0.3) is 0 Å². The zero-order valence-electron chi connectivity index (χ0n) is 4.70. The lowest BCUT2D eigenvalue weighted by Crippen LogP contribution is -2.02. The van der Waals surface area contributed by atoms with Crippen molar-refractivity contribution in [2.45, 2.75) is 11.7 Å². The quantitative estimate of drug-likeness (QED) is 0.359. The van der Waals surface area contributed by atoms with E-state index in [1.807, 2.05) is 6.92 Å². The molecule has 0 heterocycles. The molecule has 0 saturated heterocycles. The molecule has 0 radical (unpaired) electrons. The molecule has 0 aromatic carbocycles. The first kappa shape index (κ1) is 8.62. The fourth-order valence-electron chi connectivity index (χ4n) is 0.192. The molecule has 0 fully saturated rings. The zero-order chi connectivity index (χ0) is 6.41. The van der Waals surface area contributed by atoms with Gasteiger partial charge in [0.2, 0.25) is 0 Å². The molecule has 2 nitrogen and oxygen atoms in total. The van der Waals surface area contributed by atoms with E-state index < -0.39 is 0 Å². The highest BCUT2D eigenvalue weighted by molar-refractivity contribution is 7.98. The second-order valence-electron chi connectivity index (χ2n) is 1.10. The Kier molecular flexibility index (Phi) is 6.20. The van der Waals surface area contributed by atoms with E-state index in [0.717, 1.165) is 0 Å². The van der Waals surface area contributed by atoms with Crippen molar-refractivity contribution in [1.82, 2.24) is 0 Å². The van der Waals surface area contributed by atoms with Gasteiger partial charge in [-0.3, -0.25) is 0 Å². The molecule has 0 amide bonds. The van der Waals surface area contributed by atoms with Gasteiger partial charge in [-0.15, -0.1) is 25.3 Å². The minimum Gasteiger partial charge on any atom is -0.356 e. The average molecular weight is 154 g/mol. The first-order valence-corrected chi connectivity index (χ1v) is 3.36. The van der Waals surface area contributed by atoms with Gasteiger partial charge in [-0.1, -0.05) is 0 Å². The van der Waals surface area contributed by atoms with Gasteiger partial charge in [0.05, 0.1) is 0 Å². The van der Waals surface area contributed by atoms with Crippen molar-refractivity contribution in [1.29, 1.82) is 0 Å². The van der Waals surface area contributed by atoms with Crippen LogP contribution in [0.1, 0.15) is 6.92 Å². The minimum atomic E-state index is -0.332. The molecular weight excluding hydrogens is 144 g/mol. The summed E-state index contributed by atoms with van der Waals surface area (Å²) in [4.78, 5) is 0. The molecule has 50 valence electrons. The molecule has 0 aromatic heterocycles. The third-order valence-corrected chi connectivity index (χ3v) is 0.803. The van der Waals surface area contributed by atoms with Crippen molar-refractivity contribution in [2.24, 2.45) is 0 Å². The van der Waals surface area contributed by atoms with E-state index in [1.54, 1.807) is 0 Å². The Hall–Kier alpha value is 0.620. The Morgan fingerprint density at radius 3 is 2.50 bits per heavy atom. The summed E-state index contributed by atoms with van der Waals surface area (Å²) in [7, 11) is 0. The van der Waals surface area contributed by atoms with Crippen LogP contribution in [0.5, 0.6) is 0 Å². The molecule has 0 unspecified atom stereocenters. The van der Waals surface area contributed by atoms with Gasteiger partial charge in [0, 0.05) is 6.61 Å². The normalized spacial score (nSPS) is 10.5. The van der Waals surface area contributed by atoms with Gasteiger partial charge < -0.3 is 9.47 Å². The number of thiol groups is 2. The first-order valence-electron chi connectivity index (χ1n) is 2.33. The standard InChI is InChI=1S/C4H10O2S2/c1-2-5-3-6-4(7)8/h4,7-8H,2-3H2,1H3. The topological polar surface area (TPSA) is 18.5 Å². The van der Waals surface area contributed by atoms with Crippen LogP contribution in [-0.4, -0.2) is 18.2 Å². The van der Waals surface area contributed by atoms with E-state index in [4.69, 9.17) is 9.47 Å². The Morgan fingerprint density at radius 1 is 1.50 bits per heavy atom. The van der Waals surface area contributed by atoms with Gasteiger partial charge in [0.25, 0.3) is 0 Å². The van der Waals surface area contributed by atoms with Crippen molar-refractivity contribution < 1.29 is 9.47 Å². The summed E-state index contributed by atoms with van der Waals surface area (Å²) in [6, 6.07) is 0. The van der Waals surface area contributed by atoms with Crippen LogP contribution in [0.15, 0.2) is 0 Å². The number of hydrogen-bond donors (Lipinski definition) is 2. The second kappa shape index (κ2) is 5.75. The fourth-order valence-corrected chi connectivity index (χ4v) is 0.314. The summed E-state index contributed by atoms with van der Waals surface area (Å²) in [5, 5.41) is 0. The zero-order valence-corrected chi connectivity index (χ0v) is 6.49. The Morgan fingerprint density at radius 2 is 2.12 bits per heavy atom. The summed E-state index contributed by atoms with van der Waals surface area (Å²) in [6.45, 7) is 2.83. The lowest BCUT2D eigenvalue weighted by atomic mass is 10.9. The maximum atomic E-state index is 4.82. The minimum absolute atomic E-state index is 0.272. The summed E-state index contributed by atoms with van der Waals surface area (Å²) in [5.74, 6) is 0. The van der Waals surface area contributed by atoms with Crippen LogP contribution in [0.2, 0.25) is 0 Å². The first-order chi connectivity index (χ1) is 3.77. The molecule has 8 heavy (non-hydrogen) atoms. The molecule has 0 spiro atoms. The highest BCUT2D eigenvalue weighted by Crippen LogP contribution is 2.00. The van der Waals surface area contributed by atoms with E-state index >= 15 is 0 Å². The van der Waals surface area contributed by atoms with Crippen LogP contribution in [0, 0.1) is 0 Å². The second-order valence-corrected chi connectivity index (χ2v) is 2.45. The molecule has 0 aromatic rings. The van der Waals surface area contributed by atoms with E-state index in [1.165, 1.54) is 0 Å². The lowest BCUT2D eigenvalue weighted by Gasteiger charge is -2.03. The maximum absolute atomic E-state index is 4.82. The van der Waals surface area contributed by atoms with E-state index in [-0.39, 0.29) is 11.6 Å². The SMILES string of the molecule is CCOCOC(S)S. The van der Waals surface area contributed by atoms with Gasteiger partial charge >= 0.3 is 0 Å². The Bertz CT molecular complexity index is 49.3. The van der Waals surface area contributed by atoms with E-state index in [9.17, 15) is 0 Å². The van der Waals surface area contributed by atoms with Gasteiger partial charge in [-0.05, 0) is 6.92 Å².